The van der Waals surface area contributed by atoms with Crippen molar-refractivity contribution in [1.29, 1.82) is 0 Å². The minimum absolute atomic E-state index is 0.132. The van der Waals surface area contributed by atoms with Crippen molar-refractivity contribution in [2.75, 3.05) is 16.8 Å². The van der Waals surface area contributed by atoms with Crippen LogP contribution in [-0.2, 0) is 11.2 Å². The quantitative estimate of drug-likeness (QED) is 0.538. The number of carbonyl (C=O) groups is 1. The highest BCUT2D eigenvalue weighted by molar-refractivity contribution is 6.03. The van der Waals surface area contributed by atoms with Gasteiger partial charge >= 0.3 is 0 Å². The van der Waals surface area contributed by atoms with E-state index in [4.69, 9.17) is 4.98 Å². The summed E-state index contributed by atoms with van der Waals surface area (Å²) in [5, 5.41) is 4.01. The van der Waals surface area contributed by atoms with Crippen LogP contribution in [-0.4, -0.2) is 23.5 Å². The molecule has 0 atom stereocenters. The number of pyridine rings is 1. The van der Waals surface area contributed by atoms with Crippen molar-refractivity contribution in [1.82, 2.24) is 4.98 Å². The smallest absolute Gasteiger partial charge is 0.248 e. The molecule has 31 heavy (non-hydrogen) atoms. The van der Waals surface area contributed by atoms with Crippen molar-refractivity contribution in [3.63, 3.8) is 0 Å². The molecule has 2 aliphatic heterocycles. The van der Waals surface area contributed by atoms with E-state index in [1.165, 1.54) is 31.2 Å². The molecular formula is C27H29N3O. The standard InChI is InChI=1S/C27H29N3O/c1-2-19-3-5-20(6-4-19)9-16-27(31)28-23-11-14-25-22(17-23)10-15-26(29-25)30-18-21-7-12-24(30)13-8-21/h3-6,9-11,14-17,21,24H,2,7-8,12-13,18H2,1H3,(H,28,31)/b16-9+. The molecule has 1 amide bonds. The van der Waals surface area contributed by atoms with Gasteiger partial charge in [0.1, 0.15) is 5.82 Å². The molecule has 6 rings (SSSR count). The van der Waals surface area contributed by atoms with E-state index in [1.54, 1.807) is 6.08 Å². The van der Waals surface area contributed by atoms with Crippen molar-refractivity contribution in [2.45, 2.75) is 45.1 Å². The maximum absolute atomic E-state index is 12.4. The molecule has 0 spiro atoms. The lowest BCUT2D eigenvalue weighted by Crippen LogP contribution is -2.48. The Morgan fingerprint density at radius 1 is 1.06 bits per heavy atom. The highest BCUT2D eigenvalue weighted by atomic mass is 16.1. The van der Waals surface area contributed by atoms with Crippen LogP contribution in [0.3, 0.4) is 0 Å². The molecular weight excluding hydrogens is 382 g/mol. The van der Waals surface area contributed by atoms with Crippen LogP contribution in [0.4, 0.5) is 11.5 Å². The second-order valence-electron chi connectivity index (χ2n) is 8.82. The van der Waals surface area contributed by atoms with Crippen LogP contribution < -0.4 is 10.2 Å². The number of fused-ring (bicyclic) bond motifs is 4. The molecule has 3 heterocycles. The fraction of sp³-hybridized carbons (Fsp3) is 0.333. The zero-order chi connectivity index (χ0) is 21.2. The Balaban J connectivity index is 1.27. The second kappa shape index (κ2) is 8.54. The Morgan fingerprint density at radius 2 is 1.87 bits per heavy atom. The predicted octanol–water partition coefficient (Wildman–Crippen LogP) is 5.83. The molecule has 0 radical (unpaired) electrons. The van der Waals surface area contributed by atoms with Crippen LogP contribution in [0.15, 0.2) is 60.7 Å². The lowest BCUT2D eigenvalue weighted by Gasteiger charge is -2.46. The molecule has 2 saturated heterocycles. The van der Waals surface area contributed by atoms with E-state index >= 15 is 0 Å². The monoisotopic (exact) mass is 411 g/mol. The highest BCUT2D eigenvalue weighted by Crippen LogP contribution is 2.37. The van der Waals surface area contributed by atoms with E-state index < -0.39 is 0 Å². The number of aromatic nitrogens is 1. The van der Waals surface area contributed by atoms with Crippen LogP contribution in [0.2, 0.25) is 0 Å². The molecule has 4 heteroatoms. The Labute approximate surface area is 184 Å². The Hall–Kier alpha value is -3.14. The summed E-state index contributed by atoms with van der Waals surface area (Å²) >= 11 is 0. The molecule has 158 valence electrons. The number of carbonyl (C=O) groups excluding carboxylic acids is 1. The number of amides is 1. The summed E-state index contributed by atoms with van der Waals surface area (Å²) < 4.78 is 0. The van der Waals surface area contributed by atoms with Crippen molar-refractivity contribution < 1.29 is 4.79 Å². The van der Waals surface area contributed by atoms with Gasteiger partial charge in [-0.05, 0) is 85.6 Å². The summed E-state index contributed by atoms with van der Waals surface area (Å²) in [4.78, 5) is 19.8. The number of hydrogen-bond acceptors (Lipinski definition) is 3. The van der Waals surface area contributed by atoms with Gasteiger partial charge in [-0.15, -0.1) is 0 Å². The van der Waals surface area contributed by atoms with Crippen LogP contribution in [0.5, 0.6) is 0 Å². The van der Waals surface area contributed by atoms with Gasteiger partial charge in [-0.3, -0.25) is 4.79 Å². The summed E-state index contributed by atoms with van der Waals surface area (Å²) in [6, 6.07) is 19.1. The Bertz CT molecular complexity index is 1110. The summed E-state index contributed by atoms with van der Waals surface area (Å²) in [6.45, 7) is 3.28. The van der Waals surface area contributed by atoms with Gasteiger partial charge in [0.05, 0.1) is 5.52 Å². The van der Waals surface area contributed by atoms with Crippen LogP contribution >= 0.6 is 0 Å². The first-order valence-corrected chi connectivity index (χ1v) is 11.4. The van der Waals surface area contributed by atoms with Crippen LogP contribution in [0.25, 0.3) is 17.0 Å². The van der Waals surface area contributed by atoms with Gasteiger partial charge in [-0.25, -0.2) is 4.98 Å². The highest BCUT2D eigenvalue weighted by Gasteiger charge is 2.34. The Morgan fingerprint density at radius 3 is 2.58 bits per heavy atom. The lowest BCUT2D eigenvalue weighted by molar-refractivity contribution is -0.111. The van der Waals surface area contributed by atoms with Gasteiger partial charge < -0.3 is 10.2 Å². The first kappa shape index (κ1) is 19.8. The van der Waals surface area contributed by atoms with E-state index in [-0.39, 0.29) is 5.91 Å². The number of benzene rings is 2. The van der Waals surface area contributed by atoms with Crippen LogP contribution in [0, 0.1) is 5.92 Å². The molecule has 2 aromatic carbocycles. The molecule has 3 aromatic rings. The van der Waals surface area contributed by atoms with E-state index in [1.807, 2.05) is 36.4 Å². The van der Waals surface area contributed by atoms with E-state index in [0.29, 0.717) is 6.04 Å². The molecule has 1 aliphatic carbocycles. The summed E-state index contributed by atoms with van der Waals surface area (Å²) in [5.74, 6) is 1.79. The zero-order valence-corrected chi connectivity index (χ0v) is 18.1. The minimum atomic E-state index is -0.132. The molecule has 4 nitrogen and oxygen atoms in total. The van der Waals surface area contributed by atoms with Gasteiger partial charge in [-0.2, -0.15) is 0 Å². The molecule has 1 saturated carbocycles. The largest absolute Gasteiger partial charge is 0.353 e. The number of anilines is 2. The van der Waals surface area contributed by atoms with Crippen molar-refractivity contribution >= 4 is 34.4 Å². The third kappa shape index (κ3) is 4.34. The first-order valence-electron chi connectivity index (χ1n) is 11.4. The number of hydrogen-bond donors (Lipinski definition) is 1. The van der Waals surface area contributed by atoms with Crippen molar-refractivity contribution in [2.24, 2.45) is 5.92 Å². The molecule has 0 unspecified atom stereocenters. The lowest BCUT2D eigenvalue weighted by atomic mass is 9.80. The van der Waals surface area contributed by atoms with Crippen LogP contribution in [0.1, 0.15) is 43.7 Å². The van der Waals surface area contributed by atoms with Gasteiger partial charge in [0, 0.05) is 29.7 Å². The maximum atomic E-state index is 12.4. The molecule has 1 aromatic heterocycles. The maximum Gasteiger partial charge on any atom is 0.248 e. The topological polar surface area (TPSA) is 45.2 Å². The summed E-state index contributed by atoms with van der Waals surface area (Å²) in [6.07, 6.45) is 9.78. The molecule has 3 aliphatic rings. The average Bonchev–Trinajstić information content (AvgIpc) is 2.83. The third-order valence-electron chi connectivity index (χ3n) is 6.76. The fourth-order valence-corrected chi connectivity index (χ4v) is 4.92. The molecule has 3 fully saturated rings. The van der Waals surface area contributed by atoms with Gasteiger partial charge in [0.15, 0.2) is 0 Å². The Kier molecular flexibility index (Phi) is 5.46. The number of nitrogens with zero attached hydrogens (tertiary/aromatic N) is 2. The first-order chi connectivity index (χ1) is 15.2. The minimum Gasteiger partial charge on any atom is -0.353 e. The second-order valence-corrected chi connectivity index (χ2v) is 8.82. The summed E-state index contributed by atoms with van der Waals surface area (Å²) in [5.41, 5.74) is 4.08. The van der Waals surface area contributed by atoms with Gasteiger partial charge in [0.2, 0.25) is 5.91 Å². The van der Waals surface area contributed by atoms with E-state index in [9.17, 15) is 4.79 Å². The summed E-state index contributed by atoms with van der Waals surface area (Å²) in [7, 11) is 0. The number of nitrogens with one attached hydrogen (secondary N) is 1. The van der Waals surface area contributed by atoms with Crippen molar-refractivity contribution in [3.8, 4) is 0 Å². The van der Waals surface area contributed by atoms with Gasteiger partial charge in [-0.1, -0.05) is 31.2 Å². The number of aryl methyl sites for hydroxylation is 1. The fourth-order valence-electron chi connectivity index (χ4n) is 4.92. The van der Waals surface area contributed by atoms with Gasteiger partial charge in [0.25, 0.3) is 0 Å². The van der Waals surface area contributed by atoms with E-state index in [2.05, 4.69) is 41.4 Å². The number of rotatable bonds is 5. The van der Waals surface area contributed by atoms with E-state index in [0.717, 1.165) is 46.9 Å². The average molecular weight is 412 g/mol. The normalized spacial score (nSPS) is 20.5. The predicted molar refractivity (Wildman–Crippen MR) is 128 cm³/mol. The van der Waals surface area contributed by atoms with Crippen molar-refractivity contribution in [3.05, 3.63) is 71.8 Å². The number of piperidine rings is 2. The molecule has 1 N–H and O–H groups in total. The SMILES string of the molecule is CCc1ccc(/C=C/C(=O)Nc2ccc3nc(N4CC5CCC4CC5)ccc3c2)cc1. The molecule has 2 bridgehead atoms. The third-order valence-corrected chi connectivity index (χ3v) is 6.76. The zero-order valence-electron chi connectivity index (χ0n) is 18.1.